The molecule has 30 heavy (non-hydrogen) atoms. The van der Waals surface area contributed by atoms with Crippen LogP contribution in [0.1, 0.15) is 18.4 Å². The van der Waals surface area contributed by atoms with Gasteiger partial charge in [0.05, 0.1) is 12.6 Å². The van der Waals surface area contributed by atoms with Crippen LogP contribution in [0.2, 0.25) is 0 Å². The van der Waals surface area contributed by atoms with Gasteiger partial charge in [-0.15, -0.1) is 15.3 Å². The molecule has 0 saturated carbocycles. The lowest BCUT2D eigenvalue weighted by molar-refractivity contribution is 0.141. The maximum absolute atomic E-state index is 12.1. The predicted octanol–water partition coefficient (Wildman–Crippen LogP) is 0.500. The molecule has 1 aliphatic rings. The molecule has 0 aromatic carbocycles. The van der Waals surface area contributed by atoms with Crippen LogP contribution >= 0.6 is 0 Å². The summed E-state index contributed by atoms with van der Waals surface area (Å²) in [7, 11) is 0. The summed E-state index contributed by atoms with van der Waals surface area (Å²) in [4.78, 5) is 22.5. The molecule has 1 fully saturated rings. The van der Waals surface area contributed by atoms with Crippen molar-refractivity contribution in [2.24, 2.45) is 0 Å². The van der Waals surface area contributed by atoms with Gasteiger partial charge in [-0.25, -0.2) is 14.3 Å². The maximum Gasteiger partial charge on any atom is 0.407 e. The topological polar surface area (TPSA) is 128 Å². The van der Waals surface area contributed by atoms with Crippen LogP contribution in [0.25, 0.3) is 11.4 Å². The maximum atomic E-state index is 12.1. The van der Waals surface area contributed by atoms with Crippen molar-refractivity contribution in [2.45, 2.75) is 25.3 Å². The number of hydrogen-bond donors (Lipinski definition) is 1. The summed E-state index contributed by atoms with van der Waals surface area (Å²) in [5.74, 6) is 1.40. The fraction of sp³-hybridized carbons (Fsp3) is 0.389. The quantitative estimate of drug-likeness (QED) is 0.454. The number of ether oxygens (including phenoxy) is 1. The van der Waals surface area contributed by atoms with Crippen LogP contribution in [-0.2, 0) is 11.2 Å². The zero-order valence-corrected chi connectivity index (χ0v) is 16.1. The van der Waals surface area contributed by atoms with Gasteiger partial charge in [-0.3, -0.25) is 0 Å². The molecule has 0 bridgehead atoms. The van der Waals surface area contributed by atoms with E-state index in [-0.39, 0.29) is 6.04 Å². The SMILES string of the molecule is O=C(N[C@@H]1CCN(c2ccc3nncn3n2)C1)OCCCc1cnc2ncnn2c1. The van der Waals surface area contributed by atoms with Crippen molar-refractivity contribution in [3.8, 4) is 0 Å². The van der Waals surface area contributed by atoms with E-state index in [1.807, 2.05) is 18.3 Å². The monoisotopic (exact) mass is 408 g/mol. The Morgan fingerprint density at radius 1 is 1.27 bits per heavy atom. The molecule has 0 aliphatic carbocycles. The first kappa shape index (κ1) is 18.2. The van der Waals surface area contributed by atoms with E-state index < -0.39 is 6.09 Å². The average molecular weight is 408 g/mol. The molecule has 5 rings (SSSR count). The molecule has 154 valence electrons. The van der Waals surface area contributed by atoms with Crippen LogP contribution in [0.5, 0.6) is 0 Å². The number of carbonyl (C=O) groups excluding carboxylic acids is 1. The van der Waals surface area contributed by atoms with Gasteiger partial charge in [0, 0.05) is 25.5 Å². The molecule has 1 N–H and O–H groups in total. The Hall–Kier alpha value is -3.83. The van der Waals surface area contributed by atoms with Gasteiger partial charge in [-0.2, -0.15) is 14.6 Å². The smallest absolute Gasteiger partial charge is 0.407 e. The molecule has 1 amide bonds. The molecule has 4 aromatic rings. The zero-order valence-electron chi connectivity index (χ0n) is 16.1. The van der Waals surface area contributed by atoms with E-state index >= 15 is 0 Å². The van der Waals surface area contributed by atoms with Crippen molar-refractivity contribution in [3.63, 3.8) is 0 Å². The number of amides is 1. The highest BCUT2D eigenvalue weighted by molar-refractivity contribution is 5.67. The van der Waals surface area contributed by atoms with E-state index in [0.717, 1.165) is 30.8 Å². The van der Waals surface area contributed by atoms with Gasteiger partial charge in [-0.1, -0.05) is 0 Å². The summed E-state index contributed by atoms with van der Waals surface area (Å²) in [6.45, 7) is 1.83. The summed E-state index contributed by atoms with van der Waals surface area (Å²) < 4.78 is 8.60. The first-order chi connectivity index (χ1) is 14.7. The number of carbonyl (C=O) groups is 1. The highest BCUT2D eigenvalue weighted by atomic mass is 16.5. The largest absolute Gasteiger partial charge is 0.450 e. The molecule has 12 heteroatoms. The fourth-order valence-corrected chi connectivity index (χ4v) is 3.51. The minimum absolute atomic E-state index is 0.0230. The van der Waals surface area contributed by atoms with E-state index in [4.69, 9.17) is 4.74 Å². The van der Waals surface area contributed by atoms with Crippen LogP contribution < -0.4 is 10.2 Å². The number of nitrogens with one attached hydrogen (secondary N) is 1. The Morgan fingerprint density at radius 3 is 3.20 bits per heavy atom. The summed E-state index contributed by atoms with van der Waals surface area (Å²) >= 11 is 0. The highest BCUT2D eigenvalue weighted by Crippen LogP contribution is 2.18. The molecule has 5 heterocycles. The van der Waals surface area contributed by atoms with E-state index in [1.165, 1.54) is 6.33 Å². The molecule has 0 radical (unpaired) electrons. The third-order valence-corrected chi connectivity index (χ3v) is 5.01. The summed E-state index contributed by atoms with van der Waals surface area (Å²) in [6.07, 6.45) is 8.57. The third-order valence-electron chi connectivity index (χ3n) is 5.01. The number of aromatic nitrogens is 8. The van der Waals surface area contributed by atoms with Crippen LogP contribution in [0.15, 0.2) is 37.2 Å². The molecule has 1 saturated heterocycles. The van der Waals surface area contributed by atoms with Gasteiger partial charge in [-0.05, 0) is 37.0 Å². The second kappa shape index (κ2) is 7.89. The Morgan fingerprint density at radius 2 is 2.23 bits per heavy atom. The average Bonchev–Trinajstić information content (AvgIpc) is 3.50. The normalized spacial score (nSPS) is 16.4. The number of hydrogen-bond acceptors (Lipinski definition) is 9. The van der Waals surface area contributed by atoms with Gasteiger partial charge in [0.1, 0.15) is 18.5 Å². The predicted molar refractivity (Wildman–Crippen MR) is 105 cm³/mol. The summed E-state index contributed by atoms with van der Waals surface area (Å²) in [5, 5.41) is 19.3. The number of nitrogens with zero attached hydrogens (tertiary/aromatic N) is 9. The highest BCUT2D eigenvalue weighted by Gasteiger charge is 2.25. The Labute approximate surface area is 170 Å². The second-order valence-corrected chi connectivity index (χ2v) is 7.11. The van der Waals surface area contributed by atoms with Gasteiger partial charge >= 0.3 is 6.09 Å². The molecule has 0 spiro atoms. The van der Waals surface area contributed by atoms with Crippen molar-refractivity contribution < 1.29 is 9.53 Å². The van der Waals surface area contributed by atoms with Gasteiger partial charge in [0.15, 0.2) is 5.65 Å². The van der Waals surface area contributed by atoms with E-state index in [1.54, 1.807) is 21.6 Å². The van der Waals surface area contributed by atoms with Crippen LogP contribution in [0.3, 0.4) is 0 Å². The van der Waals surface area contributed by atoms with Gasteiger partial charge in [0.25, 0.3) is 5.78 Å². The Bertz CT molecular complexity index is 1170. The van der Waals surface area contributed by atoms with Crippen molar-refractivity contribution in [1.82, 2.24) is 44.7 Å². The number of rotatable bonds is 6. The van der Waals surface area contributed by atoms with E-state index in [0.29, 0.717) is 31.0 Å². The first-order valence-electron chi connectivity index (χ1n) is 9.74. The Kier molecular flexibility index (Phi) is 4.79. The standard InChI is InChI=1S/C18H20N10O2/c29-18(30-7-1-2-13-8-19-17-20-11-22-27(17)9-13)23-14-5-6-26(10-14)16-4-3-15-24-21-12-28(15)25-16/h3-4,8-9,11-12,14H,1-2,5-7,10H2,(H,23,29)/t14-/m1/s1. The number of alkyl carbamates (subject to hydrolysis) is 1. The van der Waals surface area contributed by atoms with Crippen molar-refractivity contribution in [3.05, 3.63) is 42.7 Å². The minimum Gasteiger partial charge on any atom is -0.450 e. The van der Waals surface area contributed by atoms with E-state index in [9.17, 15) is 4.79 Å². The lowest BCUT2D eigenvalue weighted by Gasteiger charge is -2.17. The lowest BCUT2D eigenvalue weighted by Crippen LogP contribution is -2.37. The molecule has 1 aliphatic heterocycles. The molecule has 4 aromatic heterocycles. The fourth-order valence-electron chi connectivity index (χ4n) is 3.51. The third kappa shape index (κ3) is 3.83. The summed E-state index contributed by atoms with van der Waals surface area (Å²) in [6, 6.07) is 3.81. The van der Waals surface area contributed by atoms with Crippen LogP contribution in [-0.4, -0.2) is 71.2 Å². The molecular weight excluding hydrogens is 388 g/mol. The molecule has 12 nitrogen and oxygen atoms in total. The lowest BCUT2D eigenvalue weighted by atomic mass is 10.2. The van der Waals surface area contributed by atoms with Crippen molar-refractivity contribution in [2.75, 3.05) is 24.6 Å². The number of anilines is 1. The van der Waals surface area contributed by atoms with Gasteiger partial charge in [0.2, 0.25) is 0 Å². The van der Waals surface area contributed by atoms with Crippen molar-refractivity contribution in [1.29, 1.82) is 0 Å². The Balaban J connectivity index is 1.06. The van der Waals surface area contributed by atoms with Gasteiger partial charge < -0.3 is 15.0 Å². The summed E-state index contributed by atoms with van der Waals surface area (Å²) in [5.41, 5.74) is 1.72. The molecule has 0 unspecified atom stereocenters. The number of fused-ring (bicyclic) bond motifs is 2. The van der Waals surface area contributed by atoms with E-state index in [2.05, 4.69) is 40.6 Å². The number of aryl methyl sites for hydroxylation is 1. The molecule has 1 atom stereocenters. The molecular formula is C18H20N10O2. The zero-order chi connectivity index (χ0) is 20.3. The second-order valence-electron chi connectivity index (χ2n) is 7.11. The van der Waals surface area contributed by atoms with Crippen LogP contribution in [0.4, 0.5) is 10.6 Å². The van der Waals surface area contributed by atoms with Crippen LogP contribution in [0, 0.1) is 0 Å². The minimum atomic E-state index is -0.395. The van der Waals surface area contributed by atoms with Crippen molar-refractivity contribution >= 4 is 23.3 Å². The first-order valence-corrected chi connectivity index (χ1v) is 9.74.